The van der Waals surface area contributed by atoms with E-state index in [1.165, 1.54) is 14.2 Å². The zero-order chi connectivity index (χ0) is 15.1. The summed E-state index contributed by atoms with van der Waals surface area (Å²) in [6.07, 6.45) is 0.970. The van der Waals surface area contributed by atoms with Crippen LogP contribution in [0.1, 0.15) is 11.1 Å². The number of esters is 2. The Balaban J connectivity index is 3.34. The first-order chi connectivity index (χ1) is 9.49. The molecule has 0 saturated heterocycles. The van der Waals surface area contributed by atoms with E-state index in [2.05, 4.69) is 9.47 Å². The van der Waals surface area contributed by atoms with Gasteiger partial charge in [0.05, 0.1) is 26.2 Å². The Morgan fingerprint density at radius 3 is 2.35 bits per heavy atom. The largest absolute Gasteiger partial charge is 0.466 e. The van der Waals surface area contributed by atoms with Crippen molar-refractivity contribution in [2.24, 2.45) is 5.73 Å². The minimum atomic E-state index is -0.702. The molecule has 0 radical (unpaired) electrons. The van der Waals surface area contributed by atoms with E-state index < -0.39 is 17.8 Å². The molecule has 1 aromatic carbocycles. The molecule has 0 aliphatic rings. The summed E-state index contributed by atoms with van der Waals surface area (Å²) in [6, 6.07) is 6.63. The summed E-state index contributed by atoms with van der Waals surface area (Å²) < 4.78 is 9.14. The van der Waals surface area contributed by atoms with Crippen LogP contribution in [0.5, 0.6) is 0 Å². The number of hydrogen-bond acceptors (Lipinski definition) is 5. The molecule has 0 unspecified atom stereocenters. The maximum atomic E-state index is 11.8. The van der Waals surface area contributed by atoms with Crippen LogP contribution in [-0.2, 0) is 30.3 Å². The first-order valence-corrected chi connectivity index (χ1v) is 5.74. The molecule has 0 saturated carbocycles. The van der Waals surface area contributed by atoms with Gasteiger partial charge >= 0.3 is 11.9 Å². The summed E-state index contributed by atoms with van der Waals surface area (Å²) in [5.74, 6) is -1.94. The van der Waals surface area contributed by atoms with Gasteiger partial charge in [0.25, 0.3) is 0 Å². The second kappa shape index (κ2) is 7.08. The summed E-state index contributed by atoms with van der Waals surface area (Å²) >= 11 is 0. The lowest BCUT2D eigenvalue weighted by atomic mass is 9.97. The van der Waals surface area contributed by atoms with Gasteiger partial charge in [-0.15, -0.1) is 0 Å². The maximum absolute atomic E-state index is 11.8. The highest BCUT2D eigenvalue weighted by molar-refractivity contribution is 6.21. The van der Waals surface area contributed by atoms with Crippen molar-refractivity contribution >= 4 is 23.4 Å². The molecular formula is C14H15NO5. The normalized spacial score (nSPS) is 10.8. The van der Waals surface area contributed by atoms with Gasteiger partial charge in [0.2, 0.25) is 5.91 Å². The molecule has 106 valence electrons. The molecule has 1 aromatic rings. The summed E-state index contributed by atoms with van der Waals surface area (Å²) in [7, 11) is 2.40. The molecule has 6 heteroatoms. The summed E-state index contributed by atoms with van der Waals surface area (Å²) in [5.41, 5.74) is 6.11. The highest BCUT2D eigenvalue weighted by atomic mass is 16.5. The molecule has 0 fully saturated rings. The van der Waals surface area contributed by atoms with Crippen molar-refractivity contribution < 1.29 is 23.9 Å². The van der Waals surface area contributed by atoms with E-state index in [-0.39, 0.29) is 12.0 Å². The van der Waals surface area contributed by atoms with Gasteiger partial charge in [0, 0.05) is 6.08 Å². The second-order valence-corrected chi connectivity index (χ2v) is 3.87. The Labute approximate surface area is 116 Å². The number of carbonyl (C=O) groups excluding carboxylic acids is 3. The van der Waals surface area contributed by atoms with Gasteiger partial charge < -0.3 is 15.2 Å². The van der Waals surface area contributed by atoms with Crippen LogP contribution in [0.2, 0.25) is 0 Å². The summed E-state index contributed by atoms with van der Waals surface area (Å²) in [6.45, 7) is 0. The van der Waals surface area contributed by atoms with E-state index in [1.807, 2.05) is 0 Å². The van der Waals surface area contributed by atoms with Gasteiger partial charge in [0.15, 0.2) is 0 Å². The van der Waals surface area contributed by atoms with Gasteiger partial charge in [-0.3, -0.25) is 4.79 Å². The first kappa shape index (κ1) is 15.4. The number of amides is 1. The van der Waals surface area contributed by atoms with E-state index in [1.54, 1.807) is 24.3 Å². The van der Waals surface area contributed by atoms with Crippen LogP contribution >= 0.6 is 0 Å². The molecule has 0 heterocycles. The van der Waals surface area contributed by atoms with Crippen molar-refractivity contribution in [2.75, 3.05) is 14.2 Å². The highest BCUT2D eigenvalue weighted by Gasteiger charge is 2.18. The maximum Gasteiger partial charge on any atom is 0.338 e. The quantitative estimate of drug-likeness (QED) is 0.622. The monoisotopic (exact) mass is 277 g/mol. The van der Waals surface area contributed by atoms with Crippen LogP contribution in [0.4, 0.5) is 0 Å². The van der Waals surface area contributed by atoms with Crippen LogP contribution in [0.3, 0.4) is 0 Å². The minimum Gasteiger partial charge on any atom is -0.466 e. The van der Waals surface area contributed by atoms with Gasteiger partial charge in [0.1, 0.15) is 0 Å². The van der Waals surface area contributed by atoms with Crippen LogP contribution in [0.25, 0.3) is 5.57 Å². The second-order valence-electron chi connectivity index (χ2n) is 3.87. The van der Waals surface area contributed by atoms with E-state index in [9.17, 15) is 14.4 Å². The lowest BCUT2D eigenvalue weighted by molar-refractivity contribution is -0.136. The molecule has 1 rings (SSSR count). The molecule has 2 N–H and O–H groups in total. The van der Waals surface area contributed by atoms with Gasteiger partial charge in [-0.2, -0.15) is 0 Å². The predicted octanol–water partition coefficient (Wildman–Crippen LogP) is 0.444. The summed E-state index contributed by atoms with van der Waals surface area (Å²) in [5, 5.41) is 0. The molecule has 0 bridgehead atoms. The van der Waals surface area contributed by atoms with Crippen molar-refractivity contribution in [1.82, 2.24) is 0 Å². The van der Waals surface area contributed by atoms with Gasteiger partial charge in [-0.1, -0.05) is 24.3 Å². The molecular weight excluding hydrogens is 262 g/mol. The van der Waals surface area contributed by atoms with Crippen LogP contribution < -0.4 is 5.73 Å². The number of nitrogens with two attached hydrogens (primary N) is 1. The third kappa shape index (κ3) is 3.94. The van der Waals surface area contributed by atoms with Crippen molar-refractivity contribution in [3.8, 4) is 0 Å². The van der Waals surface area contributed by atoms with E-state index >= 15 is 0 Å². The topological polar surface area (TPSA) is 95.7 Å². The Hall–Kier alpha value is -2.63. The van der Waals surface area contributed by atoms with Crippen molar-refractivity contribution in [2.45, 2.75) is 6.42 Å². The number of benzene rings is 1. The fraction of sp³-hybridized carbons (Fsp3) is 0.214. The minimum absolute atomic E-state index is 0.0104. The number of primary amides is 1. The Kier molecular flexibility index (Phi) is 5.46. The third-order valence-corrected chi connectivity index (χ3v) is 2.54. The number of ether oxygens (including phenoxy) is 2. The van der Waals surface area contributed by atoms with Gasteiger partial charge in [-0.05, 0) is 11.1 Å². The lowest BCUT2D eigenvalue weighted by Gasteiger charge is -2.10. The van der Waals surface area contributed by atoms with Crippen molar-refractivity contribution in [3.05, 3.63) is 41.5 Å². The Morgan fingerprint density at radius 2 is 1.80 bits per heavy atom. The Morgan fingerprint density at radius 1 is 1.15 bits per heavy atom. The lowest BCUT2D eigenvalue weighted by Crippen LogP contribution is -2.16. The molecule has 0 aromatic heterocycles. The zero-order valence-corrected chi connectivity index (χ0v) is 11.2. The number of hydrogen-bond donors (Lipinski definition) is 1. The van der Waals surface area contributed by atoms with Gasteiger partial charge in [-0.25, -0.2) is 9.59 Å². The number of rotatable bonds is 5. The van der Waals surface area contributed by atoms with Crippen LogP contribution in [0.15, 0.2) is 30.3 Å². The fourth-order valence-corrected chi connectivity index (χ4v) is 1.66. The molecule has 0 atom stereocenters. The van der Waals surface area contributed by atoms with E-state index in [0.717, 1.165) is 6.08 Å². The number of methoxy groups -OCH3 is 2. The SMILES string of the molecule is COC(=O)/C=C(\C(=O)OC)c1ccccc1CC(N)=O. The van der Waals surface area contributed by atoms with Crippen molar-refractivity contribution in [3.63, 3.8) is 0 Å². The zero-order valence-electron chi connectivity index (χ0n) is 11.2. The molecule has 6 nitrogen and oxygen atoms in total. The first-order valence-electron chi connectivity index (χ1n) is 5.74. The summed E-state index contributed by atoms with van der Waals surface area (Å²) in [4.78, 5) is 34.2. The fourth-order valence-electron chi connectivity index (χ4n) is 1.66. The smallest absolute Gasteiger partial charge is 0.338 e. The van der Waals surface area contributed by atoms with E-state index in [4.69, 9.17) is 5.73 Å². The predicted molar refractivity (Wildman–Crippen MR) is 71.3 cm³/mol. The van der Waals surface area contributed by atoms with Crippen LogP contribution in [0, 0.1) is 0 Å². The molecule has 20 heavy (non-hydrogen) atoms. The van der Waals surface area contributed by atoms with E-state index in [0.29, 0.717) is 11.1 Å². The van der Waals surface area contributed by atoms with Crippen molar-refractivity contribution in [1.29, 1.82) is 0 Å². The third-order valence-electron chi connectivity index (χ3n) is 2.54. The molecule has 0 aliphatic heterocycles. The average molecular weight is 277 g/mol. The number of carbonyl (C=O) groups is 3. The Bertz CT molecular complexity index is 562. The van der Waals surface area contributed by atoms with Crippen LogP contribution in [-0.4, -0.2) is 32.1 Å². The molecule has 0 aliphatic carbocycles. The highest BCUT2D eigenvalue weighted by Crippen LogP contribution is 2.21. The molecule has 0 spiro atoms. The molecule has 1 amide bonds. The standard InChI is InChI=1S/C14H15NO5/c1-19-13(17)8-11(14(18)20-2)10-6-4-3-5-9(10)7-12(15)16/h3-6,8H,7H2,1-2H3,(H2,15,16)/b11-8-. The average Bonchev–Trinajstić information content (AvgIpc) is 2.44.